The van der Waals surface area contributed by atoms with Crippen molar-refractivity contribution >= 4 is 11.8 Å². The van der Waals surface area contributed by atoms with Crippen molar-refractivity contribution in [1.29, 1.82) is 0 Å². The summed E-state index contributed by atoms with van der Waals surface area (Å²) in [6, 6.07) is 0. The third kappa shape index (κ3) is 3.97. The molecular weight excluding hydrogens is 252 g/mol. The first kappa shape index (κ1) is 15.3. The van der Waals surface area contributed by atoms with Gasteiger partial charge in [-0.15, -0.1) is 0 Å². The molecule has 2 amide bonds. The van der Waals surface area contributed by atoms with Gasteiger partial charge >= 0.3 is 0 Å². The number of nitrogens with zero attached hydrogens (tertiary/aromatic N) is 1. The van der Waals surface area contributed by atoms with Crippen LogP contribution < -0.4 is 5.32 Å². The Balaban J connectivity index is 1.68. The lowest BCUT2D eigenvalue weighted by molar-refractivity contribution is -0.135. The van der Waals surface area contributed by atoms with Crippen LogP contribution in [0.3, 0.4) is 0 Å². The summed E-state index contributed by atoms with van der Waals surface area (Å²) in [5.41, 5.74) is 0. The maximum atomic E-state index is 12.3. The Morgan fingerprint density at radius 1 is 1.15 bits per heavy atom. The first-order chi connectivity index (χ1) is 9.63. The summed E-state index contributed by atoms with van der Waals surface area (Å²) in [6.45, 7) is 6.90. The fourth-order valence-corrected chi connectivity index (χ4v) is 2.94. The van der Waals surface area contributed by atoms with E-state index in [4.69, 9.17) is 0 Å². The number of hydrogen-bond donors (Lipinski definition) is 1. The van der Waals surface area contributed by atoms with E-state index in [9.17, 15) is 9.59 Å². The molecular formula is C16H28N2O2. The van der Waals surface area contributed by atoms with Gasteiger partial charge < -0.3 is 10.2 Å². The second-order valence-corrected chi connectivity index (χ2v) is 6.45. The number of likely N-dealkylation sites (tertiary alicyclic amines) is 1. The monoisotopic (exact) mass is 280 g/mol. The summed E-state index contributed by atoms with van der Waals surface area (Å²) in [5, 5.41) is 2.96. The zero-order valence-corrected chi connectivity index (χ0v) is 12.9. The predicted molar refractivity (Wildman–Crippen MR) is 79.1 cm³/mol. The summed E-state index contributed by atoms with van der Waals surface area (Å²) in [6.07, 6.45) is 6.31. The van der Waals surface area contributed by atoms with Gasteiger partial charge in [0.05, 0.1) is 11.8 Å². The third-order valence-corrected chi connectivity index (χ3v) is 4.62. The van der Waals surface area contributed by atoms with Gasteiger partial charge in [-0.1, -0.05) is 26.7 Å². The van der Waals surface area contributed by atoms with Crippen molar-refractivity contribution < 1.29 is 9.59 Å². The minimum Gasteiger partial charge on any atom is -0.356 e. The van der Waals surface area contributed by atoms with Crippen LogP contribution in [0.25, 0.3) is 0 Å². The van der Waals surface area contributed by atoms with E-state index >= 15 is 0 Å². The molecule has 0 radical (unpaired) electrons. The molecule has 0 bridgehead atoms. The molecule has 1 aliphatic carbocycles. The molecule has 2 unspecified atom stereocenters. The van der Waals surface area contributed by atoms with E-state index in [2.05, 4.69) is 19.2 Å². The second kappa shape index (κ2) is 7.09. The number of carbonyl (C=O) groups is 2. The van der Waals surface area contributed by atoms with Gasteiger partial charge in [0, 0.05) is 19.6 Å². The zero-order valence-electron chi connectivity index (χ0n) is 12.9. The molecule has 114 valence electrons. The van der Waals surface area contributed by atoms with Crippen molar-refractivity contribution in [3.8, 4) is 0 Å². The lowest BCUT2D eigenvalue weighted by Gasteiger charge is -2.30. The van der Waals surface area contributed by atoms with Crippen LogP contribution in [0.1, 0.15) is 52.4 Å². The average Bonchev–Trinajstić information content (AvgIpc) is 3.24. The molecule has 4 heteroatoms. The summed E-state index contributed by atoms with van der Waals surface area (Å²) >= 11 is 0. The van der Waals surface area contributed by atoms with Crippen LogP contribution in [-0.2, 0) is 9.59 Å². The van der Waals surface area contributed by atoms with Gasteiger partial charge in [-0.2, -0.15) is 0 Å². The summed E-state index contributed by atoms with van der Waals surface area (Å²) in [4.78, 5) is 26.2. The van der Waals surface area contributed by atoms with Gasteiger partial charge in [0.15, 0.2) is 0 Å². The minimum atomic E-state index is -0.0523. The van der Waals surface area contributed by atoms with Gasteiger partial charge in [-0.05, 0) is 31.6 Å². The van der Waals surface area contributed by atoms with Crippen molar-refractivity contribution in [1.82, 2.24) is 10.2 Å². The first-order valence-corrected chi connectivity index (χ1v) is 8.20. The molecule has 0 aromatic heterocycles. The van der Waals surface area contributed by atoms with E-state index in [0.717, 1.165) is 64.1 Å². The first-order valence-electron chi connectivity index (χ1n) is 8.20. The maximum absolute atomic E-state index is 12.3. The van der Waals surface area contributed by atoms with E-state index in [-0.39, 0.29) is 23.7 Å². The molecule has 0 aromatic carbocycles. The number of nitrogens with one attached hydrogen (secondary N) is 1. The molecule has 1 saturated heterocycles. The molecule has 2 fully saturated rings. The largest absolute Gasteiger partial charge is 0.356 e. The van der Waals surface area contributed by atoms with Gasteiger partial charge in [-0.25, -0.2) is 0 Å². The lowest BCUT2D eigenvalue weighted by atomic mass is 9.99. The van der Waals surface area contributed by atoms with E-state index in [0.29, 0.717) is 0 Å². The van der Waals surface area contributed by atoms with Gasteiger partial charge in [0.2, 0.25) is 11.8 Å². The lowest BCUT2D eigenvalue weighted by Crippen LogP contribution is -2.39. The molecule has 0 spiro atoms. The number of piperidine rings is 1. The van der Waals surface area contributed by atoms with Crippen molar-refractivity contribution in [2.75, 3.05) is 19.6 Å². The molecule has 1 N–H and O–H groups in total. The van der Waals surface area contributed by atoms with Crippen molar-refractivity contribution in [2.24, 2.45) is 17.8 Å². The van der Waals surface area contributed by atoms with Crippen LogP contribution >= 0.6 is 0 Å². The minimum absolute atomic E-state index is 0.0328. The van der Waals surface area contributed by atoms with Crippen LogP contribution in [0.15, 0.2) is 0 Å². The van der Waals surface area contributed by atoms with Crippen LogP contribution in [0.5, 0.6) is 0 Å². The summed E-state index contributed by atoms with van der Waals surface area (Å²) in [7, 11) is 0. The van der Waals surface area contributed by atoms with Gasteiger partial charge in [0.25, 0.3) is 0 Å². The van der Waals surface area contributed by atoms with E-state index in [1.165, 1.54) is 0 Å². The Labute approximate surface area is 122 Å². The molecule has 20 heavy (non-hydrogen) atoms. The fourth-order valence-electron chi connectivity index (χ4n) is 2.94. The molecule has 1 heterocycles. The number of unbranched alkanes of at least 4 members (excludes halogenated alkanes) is 2. The Bertz CT molecular complexity index is 348. The Hall–Kier alpha value is -1.06. The summed E-state index contributed by atoms with van der Waals surface area (Å²) < 4.78 is 0. The zero-order chi connectivity index (χ0) is 14.5. The fraction of sp³-hybridized carbons (Fsp3) is 0.875. The number of rotatable bonds is 6. The highest BCUT2D eigenvalue weighted by molar-refractivity contribution is 5.92. The van der Waals surface area contributed by atoms with Crippen molar-refractivity contribution in [3.63, 3.8) is 0 Å². The molecule has 2 aliphatic rings. The Morgan fingerprint density at radius 2 is 1.85 bits per heavy atom. The molecule has 1 saturated carbocycles. The van der Waals surface area contributed by atoms with Crippen LogP contribution in [-0.4, -0.2) is 36.3 Å². The molecule has 4 nitrogen and oxygen atoms in total. The average molecular weight is 280 g/mol. The molecule has 2 atom stereocenters. The van der Waals surface area contributed by atoms with Crippen LogP contribution in [0.2, 0.25) is 0 Å². The molecule has 1 aliphatic heterocycles. The number of amides is 2. The standard InChI is InChI=1S/C16H28N2O2/c1-3-4-5-8-17-15(19)13-11-14(13)16(20)18-9-6-12(2)7-10-18/h12-14H,3-11H2,1-2H3,(H,17,19). The summed E-state index contributed by atoms with van der Waals surface area (Å²) in [5.74, 6) is 0.949. The van der Waals surface area contributed by atoms with Crippen molar-refractivity contribution in [2.45, 2.75) is 52.4 Å². The SMILES string of the molecule is CCCCCNC(=O)C1CC1C(=O)N1CCC(C)CC1. The highest BCUT2D eigenvalue weighted by Crippen LogP contribution is 2.40. The van der Waals surface area contributed by atoms with Gasteiger partial charge in [0.1, 0.15) is 0 Å². The van der Waals surface area contributed by atoms with E-state index in [1.807, 2.05) is 4.90 Å². The Kier molecular flexibility index (Phi) is 5.44. The van der Waals surface area contributed by atoms with Crippen LogP contribution in [0.4, 0.5) is 0 Å². The third-order valence-electron chi connectivity index (χ3n) is 4.62. The quantitative estimate of drug-likeness (QED) is 0.758. The predicted octanol–water partition coefficient (Wildman–Crippen LogP) is 2.19. The van der Waals surface area contributed by atoms with Crippen molar-refractivity contribution in [3.05, 3.63) is 0 Å². The van der Waals surface area contributed by atoms with Gasteiger partial charge in [-0.3, -0.25) is 9.59 Å². The normalized spacial score (nSPS) is 26.4. The van der Waals surface area contributed by atoms with E-state index in [1.54, 1.807) is 0 Å². The topological polar surface area (TPSA) is 49.4 Å². The maximum Gasteiger partial charge on any atom is 0.226 e. The Morgan fingerprint density at radius 3 is 2.50 bits per heavy atom. The molecule has 2 rings (SSSR count). The number of hydrogen-bond acceptors (Lipinski definition) is 2. The molecule has 0 aromatic rings. The van der Waals surface area contributed by atoms with Crippen LogP contribution in [0, 0.1) is 17.8 Å². The number of carbonyl (C=O) groups excluding carboxylic acids is 2. The highest BCUT2D eigenvalue weighted by atomic mass is 16.2. The smallest absolute Gasteiger partial charge is 0.226 e. The highest BCUT2D eigenvalue weighted by Gasteiger charge is 2.49. The van der Waals surface area contributed by atoms with E-state index < -0.39 is 0 Å². The second-order valence-electron chi connectivity index (χ2n) is 6.45.